The number of carbonyl (C=O) groups excluding carboxylic acids is 6. The van der Waals surface area contributed by atoms with Crippen LogP contribution in [0.1, 0.15) is 148 Å². The number of rotatable bonds is 22. The van der Waals surface area contributed by atoms with Crippen molar-refractivity contribution in [3.63, 3.8) is 0 Å². The van der Waals surface area contributed by atoms with Crippen molar-refractivity contribution >= 4 is 93.2 Å². The molecule has 0 spiro atoms. The number of ether oxygens (including phenoxy) is 8. The second kappa shape index (κ2) is 43.4. The highest BCUT2D eigenvalue weighted by Gasteiger charge is 2.40. The number of carbonyl (C=O) groups is 6. The van der Waals surface area contributed by atoms with Crippen LogP contribution in [0.4, 0.5) is 13.2 Å². The van der Waals surface area contributed by atoms with Gasteiger partial charge in [0.05, 0.1) is 5.57 Å². The molecule has 1 saturated carbocycles. The van der Waals surface area contributed by atoms with E-state index in [-0.39, 0.29) is 56.9 Å². The van der Waals surface area contributed by atoms with Gasteiger partial charge in [-0.1, -0.05) is 248 Å². The molecule has 1 aliphatic heterocycles. The summed E-state index contributed by atoms with van der Waals surface area (Å²) in [7, 11) is 0. The number of fused-ring (bicyclic) bond motifs is 1. The van der Waals surface area contributed by atoms with Crippen LogP contribution in [0.25, 0.3) is 0 Å². The summed E-state index contributed by atoms with van der Waals surface area (Å²) >= 11 is 18.7. The fourth-order valence-electron chi connectivity index (χ4n) is 9.22. The maximum Gasteiger partial charge on any atom is 0.422 e. The van der Waals surface area contributed by atoms with E-state index in [0.717, 1.165) is 88.5 Å². The molecule has 2 unspecified atom stereocenters. The minimum absolute atomic E-state index is 0. The van der Waals surface area contributed by atoms with E-state index < -0.39 is 44.3 Å². The van der Waals surface area contributed by atoms with Gasteiger partial charge in [0, 0.05) is 25.9 Å². The van der Waals surface area contributed by atoms with E-state index in [1.54, 1.807) is 58.0 Å². The van der Waals surface area contributed by atoms with Crippen molar-refractivity contribution in [2.75, 3.05) is 6.79 Å². The van der Waals surface area contributed by atoms with Crippen molar-refractivity contribution in [1.82, 2.24) is 0 Å². The van der Waals surface area contributed by atoms with E-state index in [4.69, 9.17) is 68.0 Å². The van der Waals surface area contributed by atoms with Crippen LogP contribution in [-0.2, 0) is 93.8 Å². The predicted molar refractivity (Wildman–Crippen MR) is 400 cm³/mol. The number of alkyl halides is 6. The lowest BCUT2D eigenvalue weighted by Gasteiger charge is -2.30. The summed E-state index contributed by atoms with van der Waals surface area (Å²) in [4.78, 5) is 68.7. The molecule has 0 bridgehead atoms. The average molecular weight is 1570 g/mol. The maximum absolute atomic E-state index is 12.0. The molecule has 544 valence electrons. The van der Waals surface area contributed by atoms with Crippen LogP contribution in [0.15, 0.2) is 237 Å². The monoisotopic (exact) mass is 1560 g/mol. The topological polar surface area (TPSA) is 176 Å². The van der Waals surface area contributed by atoms with Gasteiger partial charge in [0.2, 0.25) is 10.6 Å². The van der Waals surface area contributed by atoms with Crippen LogP contribution < -0.4 is 9.47 Å². The lowest BCUT2D eigenvalue weighted by molar-refractivity contribution is -0.156. The number of benzene rings is 6. The third-order valence-corrected chi connectivity index (χ3v) is 16.1. The molecule has 1 aliphatic carbocycles. The molecule has 0 radical (unpaired) electrons. The third-order valence-electron chi connectivity index (χ3n) is 14.7. The Morgan fingerprint density at radius 2 is 0.881 bits per heavy atom. The Morgan fingerprint density at radius 3 is 1.31 bits per heavy atom. The molecular weight excluding hydrogens is 1480 g/mol. The van der Waals surface area contributed by atoms with E-state index in [0.29, 0.717) is 40.2 Å². The number of halogens is 7. The molecule has 0 aromatic heterocycles. The molecule has 1 heterocycles. The van der Waals surface area contributed by atoms with E-state index in [2.05, 4.69) is 80.6 Å². The average Bonchev–Trinajstić information content (AvgIpc) is 1.78. The fourth-order valence-corrected chi connectivity index (χ4v) is 10.1. The first kappa shape index (κ1) is 88.7. The summed E-state index contributed by atoms with van der Waals surface area (Å²) in [5.74, 6) is -2.08. The first-order valence-corrected chi connectivity index (χ1v) is 33.9. The highest BCUT2D eigenvalue weighted by Crippen LogP contribution is 2.43. The molecule has 2 aliphatic rings. The van der Waals surface area contributed by atoms with E-state index in [1.807, 2.05) is 147 Å². The molecule has 0 saturated heterocycles. The zero-order chi connectivity index (χ0) is 74.9. The largest absolute Gasteiger partial charge is 0.457 e. The molecule has 101 heavy (non-hydrogen) atoms. The number of hydrogen-bond donors (Lipinski definition) is 0. The molecule has 6 aromatic rings. The van der Waals surface area contributed by atoms with E-state index in [9.17, 15) is 41.9 Å². The summed E-state index contributed by atoms with van der Waals surface area (Å²) < 4.78 is 77.4. The van der Waals surface area contributed by atoms with Gasteiger partial charge >= 0.3 is 42.0 Å². The number of esters is 6. The Labute approximate surface area is 621 Å². The molecule has 6 aromatic carbocycles. The van der Waals surface area contributed by atoms with Crippen molar-refractivity contribution in [3.05, 3.63) is 274 Å². The Morgan fingerprint density at radius 1 is 0.485 bits per heavy atom. The van der Waals surface area contributed by atoms with Crippen molar-refractivity contribution < 1.29 is 79.8 Å². The van der Waals surface area contributed by atoms with Crippen LogP contribution in [0.2, 0.25) is 0 Å². The Hall–Kier alpha value is -8.43. The van der Waals surface area contributed by atoms with Gasteiger partial charge in [0.1, 0.15) is 42.2 Å². The second-order valence-electron chi connectivity index (χ2n) is 23.5. The first-order chi connectivity index (χ1) is 47.0. The van der Waals surface area contributed by atoms with Gasteiger partial charge in [-0.25, -0.2) is 28.8 Å². The highest BCUT2D eigenvalue weighted by molar-refractivity contribution is 14.1. The lowest BCUT2D eigenvalue weighted by Crippen LogP contribution is -2.29. The fraction of sp³-hybridized carbons (Fsp3) is 0.325. The Bertz CT molecular complexity index is 3660. The van der Waals surface area contributed by atoms with Crippen molar-refractivity contribution in [3.8, 4) is 11.5 Å². The first-order valence-electron chi connectivity index (χ1n) is 31.7. The molecular formula is C80H91Cl3F3IO14. The zero-order valence-electron chi connectivity index (χ0n) is 57.7. The van der Waals surface area contributed by atoms with Crippen molar-refractivity contribution in [2.24, 2.45) is 0 Å². The minimum Gasteiger partial charge on any atom is -0.457 e. The summed E-state index contributed by atoms with van der Waals surface area (Å²) in [5.41, 5.74) is 3.85. The van der Waals surface area contributed by atoms with Crippen molar-refractivity contribution in [2.45, 2.75) is 161 Å². The molecule has 8 rings (SSSR count). The molecule has 2 atom stereocenters. The summed E-state index contributed by atoms with van der Waals surface area (Å²) in [6.45, 7) is 35.5. The van der Waals surface area contributed by atoms with Gasteiger partial charge in [0.15, 0.2) is 11.5 Å². The molecule has 1 fully saturated rings. The summed E-state index contributed by atoms with van der Waals surface area (Å²) in [6, 6.07) is 51.0. The third kappa shape index (κ3) is 31.2. The van der Waals surface area contributed by atoms with Gasteiger partial charge in [-0.15, -0.1) is 0 Å². The van der Waals surface area contributed by atoms with Crippen LogP contribution in [-0.4, -0.2) is 52.6 Å². The normalized spacial score (nSPS) is 13.2. The van der Waals surface area contributed by atoms with Gasteiger partial charge in [-0.2, -0.15) is 13.2 Å². The molecule has 0 amide bonds. The predicted octanol–water partition coefficient (Wildman–Crippen LogP) is 21.0. The van der Waals surface area contributed by atoms with Gasteiger partial charge in [0.25, 0.3) is 0 Å². The van der Waals surface area contributed by atoms with Gasteiger partial charge < -0.3 is 37.9 Å². The smallest absolute Gasteiger partial charge is 0.422 e. The number of hydrogen-bond acceptors (Lipinski definition) is 14. The standard InChI is InChI=1S/C16H20O4.C15H18O2.C15H20O2.C11H9Cl3O2.C11H9F3O2.C11H11IO2.CH4/c1-5-8-16(4,20-15(17)11(2)3)12-6-7-13-14(9-12)19-10-18-13;1-12(2)14(16)17-15(10-6-7-11-15)13-8-4-3-5-9-13;1-5-11-15(4,17-14(16)12(2)3)13-9-7-6-8-10-13;2*1-8(11(12,13)14)10(15)16-7-9-5-3-2-4-6-9;1-8(2)11(13)14-7-9-4-3-5-10(12)6-9;/h6-7,9H,2,5,8,10H2,1,3-4H3;3-5,8-9H,1,6-7,10-11H2,2H3;6-10H,2,5,11H2,1,3-4H3;2*2-6H,1,7H2;3-6H,1,7H2,2H3;1H4. The Kier molecular flexibility index (Phi) is 38.1. The molecule has 21 heteroatoms. The maximum atomic E-state index is 12.0. The van der Waals surface area contributed by atoms with E-state index >= 15 is 0 Å². The van der Waals surface area contributed by atoms with Crippen LogP contribution in [0.5, 0.6) is 11.5 Å². The highest BCUT2D eigenvalue weighted by atomic mass is 127. The SMILES string of the molecule is C.C=C(C(=O)OCc1ccccc1)C(Cl)(Cl)Cl.C=C(C(=O)OCc1ccccc1)C(F)(F)F.C=C(C)C(=O)OC(C)(CCC)c1ccc2c(c1)OCO2.C=C(C)C(=O)OC(C)(CCC)c1ccccc1.C=C(C)C(=O)OC1(c2ccccc2)CCCC1.C=C(C)C(=O)OCc1cccc(I)c1. The van der Waals surface area contributed by atoms with Crippen LogP contribution >= 0.6 is 57.4 Å². The molecule has 14 nitrogen and oxygen atoms in total. The van der Waals surface area contributed by atoms with Crippen molar-refractivity contribution in [1.29, 1.82) is 0 Å². The van der Waals surface area contributed by atoms with Crippen LogP contribution in [0, 0.1) is 3.57 Å². The summed E-state index contributed by atoms with van der Waals surface area (Å²) in [5, 5.41) is 0. The lowest BCUT2D eigenvalue weighted by atomic mass is 9.90. The minimum atomic E-state index is -4.74. The second-order valence-corrected chi connectivity index (χ2v) is 27.1. The van der Waals surface area contributed by atoms with Gasteiger partial charge in [-0.05, 0) is 160 Å². The quantitative estimate of drug-likeness (QED) is 0.0206. The summed E-state index contributed by atoms with van der Waals surface area (Å²) in [6.07, 6.45) is 2.68. The van der Waals surface area contributed by atoms with Crippen LogP contribution in [0.3, 0.4) is 0 Å². The van der Waals surface area contributed by atoms with Gasteiger partial charge in [-0.3, -0.25) is 0 Å². The Balaban J connectivity index is 0.000000413. The zero-order valence-corrected chi connectivity index (χ0v) is 62.1. The molecule has 0 N–H and O–H groups in total. The van der Waals surface area contributed by atoms with E-state index in [1.165, 1.54) is 0 Å².